The van der Waals surface area contributed by atoms with Crippen molar-refractivity contribution in [2.75, 3.05) is 25.5 Å². The summed E-state index contributed by atoms with van der Waals surface area (Å²) in [6, 6.07) is 15.2. The molecule has 1 unspecified atom stereocenters. The van der Waals surface area contributed by atoms with Crippen LogP contribution in [0.2, 0.25) is 0 Å². The van der Waals surface area contributed by atoms with Crippen molar-refractivity contribution in [2.24, 2.45) is 0 Å². The van der Waals surface area contributed by atoms with E-state index in [0.29, 0.717) is 18.1 Å². The fourth-order valence-corrected chi connectivity index (χ4v) is 4.53. The first kappa shape index (κ1) is 19.5. The highest BCUT2D eigenvalue weighted by molar-refractivity contribution is 8.01. The zero-order valence-corrected chi connectivity index (χ0v) is 17.0. The topological polar surface area (TPSA) is 86.8 Å². The third-order valence-electron chi connectivity index (χ3n) is 4.05. The van der Waals surface area contributed by atoms with Gasteiger partial charge in [-0.3, -0.25) is 9.59 Å². The lowest BCUT2D eigenvalue weighted by Gasteiger charge is -2.26. The largest absolute Gasteiger partial charge is 0.486 e. The van der Waals surface area contributed by atoms with Crippen LogP contribution in [-0.2, 0) is 14.3 Å². The minimum atomic E-state index is -0.462. The molecule has 0 fully saturated rings. The Kier molecular flexibility index (Phi) is 6.16. The summed E-state index contributed by atoms with van der Waals surface area (Å²) in [6.45, 7) is 0.282. The Bertz CT molecular complexity index is 990. The number of benzene rings is 2. The summed E-state index contributed by atoms with van der Waals surface area (Å²) in [6.07, 6.45) is -0.292. The lowest BCUT2D eigenvalue weighted by atomic mass is 10.2. The van der Waals surface area contributed by atoms with E-state index >= 15 is 0 Å². The van der Waals surface area contributed by atoms with Gasteiger partial charge in [0.2, 0.25) is 0 Å². The Morgan fingerprint density at radius 2 is 1.97 bits per heavy atom. The van der Waals surface area contributed by atoms with Gasteiger partial charge in [0.25, 0.3) is 5.91 Å². The summed E-state index contributed by atoms with van der Waals surface area (Å²) in [5, 5.41) is 2.69. The van der Waals surface area contributed by atoms with Crippen LogP contribution in [0.1, 0.15) is 0 Å². The maximum absolute atomic E-state index is 11.9. The Hall–Kier alpha value is -2.78. The first-order valence-corrected chi connectivity index (χ1v) is 10.8. The van der Waals surface area contributed by atoms with Gasteiger partial charge >= 0.3 is 5.97 Å². The van der Waals surface area contributed by atoms with Crippen LogP contribution in [0.4, 0.5) is 0 Å². The van der Waals surface area contributed by atoms with Gasteiger partial charge in [0.05, 0.1) is 22.5 Å². The van der Waals surface area contributed by atoms with Crippen molar-refractivity contribution in [3.05, 3.63) is 48.5 Å². The highest BCUT2D eigenvalue weighted by Crippen LogP contribution is 2.31. The summed E-state index contributed by atoms with van der Waals surface area (Å²) in [5.74, 6) is 0.594. The van der Waals surface area contributed by atoms with E-state index in [2.05, 4.69) is 10.3 Å². The van der Waals surface area contributed by atoms with Crippen LogP contribution in [0.5, 0.6) is 11.5 Å². The van der Waals surface area contributed by atoms with Gasteiger partial charge in [-0.2, -0.15) is 0 Å². The highest BCUT2D eigenvalue weighted by Gasteiger charge is 2.21. The number of fused-ring (bicyclic) bond motifs is 2. The molecule has 150 valence electrons. The number of hydrogen-bond donors (Lipinski definition) is 1. The fraction of sp³-hybridized carbons (Fsp3) is 0.250. The van der Waals surface area contributed by atoms with Gasteiger partial charge in [-0.25, -0.2) is 4.98 Å². The van der Waals surface area contributed by atoms with E-state index in [9.17, 15) is 9.59 Å². The molecule has 0 spiro atoms. The predicted octanol–water partition coefficient (Wildman–Crippen LogP) is 2.89. The summed E-state index contributed by atoms with van der Waals surface area (Å²) in [7, 11) is 0. The first-order valence-electron chi connectivity index (χ1n) is 8.96. The van der Waals surface area contributed by atoms with Crippen LogP contribution in [0.25, 0.3) is 10.2 Å². The molecule has 0 radical (unpaired) electrons. The third-order valence-corrected chi connectivity index (χ3v) is 6.20. The van der Waals surface area contributed by atoms with Crippen LogP contribution in [0, 0.1) is 0 Å². The zero-order chi connectivity index (χ0) is 20.1. The number of para-hydroxylation sites is 3. The monoisotopic (exact) mass is 430 g/mol. The molecule has 1 aliphatic rings. The lowest BCUT2D eigenvalue weighted by Crippen LogP contribution is -2.42. The van der Waals surface area contributed by atoms with Crippen molar-refractivity contribution in [1.82, 2.24) is 10.3 Å². The number of esters is 1. The molecule has 0 saturated carbocycles. The van der Waals surface area contributed by atoms with Gasteiger partial charge in [0, 0.05) is 0 Å². The standard InChI is InChI=1S/C20H18N2O5S2/c23-18(21-9-13-10-25-15-6-2-3-7-16(15)27-13)11-26-19(24)12-28-20-22-14-5-1-4-8-17(14)29-20/h1-8,13H,9-12H2,(H,21,23). The van der Waals surface area contributed by atoms with Gasteiger partial charge in [0.1, 0.15) is 12.7 Å². The van der Waals surface area contributed by atoms with Gasteiger partial charge in [-0.05, 0) is 24.3 Å². The Morgan fingerprint density at radius 1 is 1.17 bits per heavy atom. The number of thioether (sulfide) groups is 1. The van der Waals surface area contributed by atoms with Crippen molar-refractivity contribution in [2.45, 2.75) is 10.4 Å². The molecular weight excluding hydrogens is 412 g/mol. The number of ether oxygens (including phenoxy) is 3. The molecule has 3 aromatic rings. The minimum Gasteiger partial charge on any atom is -0.486 e. The van der Waals surface area contributed by atoms with Crippen molar-refractivity contribution < 1.29 is 23.8 Å². The van der Waals surface area contributed by atoms with Crippen LogP contribution in [-0.4, -0.2) is 48.5 Å². The number of amides is 1. The zero-order valence-electron chi connectivity index (χ0n) is 15.3. The van der Waals surface area contributed by atoms with E-state index < -0.39 is 5.97 Å². The molecule has 1 aromatic heterocycles. The Morgan fingerprint density at radius 3 is 2.83 bits per heavy atom. The Balaban J connectivity index is 1.15. The number of rotatable bonds is 7. The number of nitrogens with one attached hydrogen (secondary N) is 1. The van der Waals surface area contributed by atoms with E-state index in [0.717, 1.165) is 14.6 Å². The molecule has 2 aromatic carbocycles. The fourth-order valence-electron chi connectivity index (χ4n) is 2.66. The number of carbonyl (C=O) groups is 2. The summed E-state index contributed by atoms with van der Waals surface area (Å²) < 4.78 is 18.2. The lowest BCUT2D eigenvalue weighted by molar-refractivity contribution is -0.146. The number of carbonyl (C=O) groups excluding carboxylic acids is 2. The molecule has 0 saturated heterocycles. The quantitative estimate of drug-likeness (QED) is 0.456. The molecule has 0 bridgehead atoms. The van der Waals surface area contributed by atoms with E-state index in [-0.39, 0.29) is 30.9 Å². The molecule has 4 rings (SSSR count). The van der Waals surface area contributed by atoms with Crippen molar-refractivity contribution in [1.29, 1.82) is 0 Å². The van der Waals surface area contributed by atoms with Crippen molar-refractivity contribution in [3.8, 4) is 11.5 Å². The van der Waals surface area contributed by atoms with Gasteiger partial charge < -0.3 is 19.5 Å². The number of aromatic nitrogens is 1. The second kappa shape index (κ2) is 9.15. The molecule has 1 aliphatic heterocycles. The normalized spacial score (nSPS) is 15.1. The number of nitrogens with zero attached hydrogens (tertiary/aromatic N) is 1. The predicted molar refractivity (Wildman–Crippen MR) is 111 cm³/mol. The van der Waals surface area contributed by atoms with Gasteiger partial charge in [-0.15, -0.1) is 11.3 Å². The van der Waals surface area contributed by atoms with E-state index in [1.807, 2.05) is 48.5 Å². The highest BCUT2D eigenvalue weighted by atomic mass is 32.2. The molecule has 1 atom stereocenters. The molecule has 29 heavy (non-hydrogen) atoms. The van der Waals surface area contributed by atoms with Crippen molar-refractivity contribution in [3.63, 3.8) is 0 Å². The molecule has 0 aliphatic carbocycles. The van der Waals surface area contributed by atoms with Crippen LogP contribution in [0.15, 0.2) is 52.9 Å². The third kappa shape index (κ3) is 5.18. The van der Waals surface area contributed by atoms with Crippen LogP contribution < -0.4 is 14.8 Å². The summed E-state index contributed by atoms with van der Waals surface area (Å²) in [5.41, 5.74) is 0.907. The first-order chi connectivity index (χ1) is 14.2. The second-order valence-corrected chi connectivity index (χ2v) is 8.45. The van der Waals surface area contributed by atoms with Crippen molar-refractivity contribution >= 4 is 45.2 Å². The van der Waals surface area contributed by atoms with Gasteiger partial charge in [-0.1, -0.05) is 36.0 Å². The van der Waals surface area contributed by atoms with Crippen LogP contribution >= 0.6 is 23.1 Å². The number of hydrogen-bond acceptors (Lipinski definition) is 8. The second-order valence-electron chi connectivity index (χ2n) is 6.20. The SMILES string of the molecule is O=C(COC(=O)CSc1nc2ccccc2s1)NCC1COc2ccccc2O1. The average Bonchev–Trinajstić information content (AvgIpc) is 3.17. The smallest absolute Gasteiger partial charge is 0.316 e. The Labute approximate surface area is 175 Å². The van der Waals surface area contributed by atoms with E-state index in [1.54, 1.807) is 0 Å². The maximum atomic E-state index is 11.9. The van der Waals surface area contributed by atoms with Gasteiger partial charge in [0.15, 0.2) is 22.4 Å². The molecule has 1 N–H and O–H groups in total. The molecular formula is C20H18N2O5S2. The summed E-state index contributed by atoms with van der Waals surface area (Å²) in [4.78, 5) is 28.3. The average molecular weight is 431 g/mol. The van der Waals surface area contributed by atoms with E-state index in [1.165, 1.54) is 23.1 Å². The van der Waals surface area contributed by atoms with E-state index in [4.69, 9.17) is 14.2 Å². The molecule has 2 heterocycles. The number of thiazole rings is 1. The van der Waals surface area contributed by atoms with Crippen LogP contribution in [0.3, 0.4) is 0 Å². The summed E-state index contributed by atoms with van der Waals surface area (Å²) >= 11 is 2.82. The molecule has 7 nitrogen and oxygen atoms in total. The molecule has 9 heteroatoms. The maximum Gasteiger partial charge on any atom is 0.316 e. The molecule has 1 amide bonds. The minimum absolute atomic E-state index is 0.101.